The van der Waals surface area contributed by atoms with Crippen LogP contribution in [0.15, 0.2) is 57.7 Å². The molecule has 4 rings (SSSR count). The summed E-state index contributed by atoms with van der Waals surface area (Å²) in [5.41, 5.74) is 1.46. The van der Waals surface area contributed by atoms with Gasteiger partial charge < -0.3 is 30.6 Å². The fourth-order valence-corrected chi connectivity index (χ4v) is 3.80. The molecule has 10 nitrogen and oxygen atoms in total. The predicted molar refractivity (Wildman–Crippen MR) is 133 cm³/mol. The number of aromatic nitrogens is 2. The van der Waals surface area contributed by atoms with E-state index in [9.17, 15) is 9.59 Å². The third kappa shape index (κ3) is 6.47. The number of halogens is 1. The SMILES string of the molecule is O=C(NCCCNc1nc(Nc2cccc(NC(=O)N3CCCC3)c2)ncc1Br)c1ccco1. The largest absolute Gasteiger partial charge is 0.459 e. The van der Waals surface area contributed by atoms with Crippen LogP contribution in [0.2, 0.25) is 0 Å². The van der Waals surface area contributed by atoms with Gasteiger partial charge in [0.1, 0.15) is 5.82 Å². The average Bonchev–Trinajstić information content (AvgIpc) is 3.56. The van der Waals surface area contributed by atoms with E-state index in [4.69, 9.17) is 4.42 Å². The molecule has 0 aliphatic carbocycles. The van der Waals surface area contributed by atoms with Crippen molar-refractivity contribution in [1.82, 2.24) is 20.2 Å². The smallest absolute Gasteiger partial charge is 0.321 e. The Hall–Kier alpha value is -3.60. The molecule has 3 amide bonds. The molecule has 0 unspecified atom stereocenters. The van der Waals surface area contributed by atoms with Gasteiger partial charge in [-0.3, -0.25) is 4.79 Å². The van der Waals surface area contributed by atoms with Crippen molar-refractivity contribution in [1.29, 1.82) is 0 Å². The van der Waals surface area contributed by atoms with Crippen molar-refractivity contribution in [3.05, 3.63) is 59.1 Å². The molecule has 2 aromatic heterocycles. The third-order valence-electron chi connectivity index (χ3n) is 5.18. The molecule has 4 N–H and O–H groups in total. The monoisotopic (exact) mass is 527 g/mol. The molecule has 1 saturated heterocycles. The Bertz CT molecular complexity index is 1120. The highest BCUT2D eigenvalue weighted by Crippen LogP contribution is 2.23. The fraction of sp³-hybridized carbons (Fsp3) is 0.304. The number of furan rings is 1. The molecule has 0 radical (unpaired) electrons. The quantitative estimate of drug-likeness (QED) is 0.303. The molecule has 34 heavy (non-hydrogen) atoms. The van der Waals surface area contributed by atoms with Gasteiger partial charge in [0, 0.05) is 43.8 Å². The molecule has 178 valence electrons. The number of benzene rings is 1. The second-order valence-corrected chi connectivity index (χ2v) is 8.59. The zero-order valence-corrected chi connectivity index (χ0v) is 20.1. The standard InChI is InChI=1S/C23H26BrN7O3/c24-18-15-27-22(30-20(18)25-9-5-10-26-21(32)19-8-4-13-34-19)28-16-6-3-7-17(14-16)29-23(33)31-11-1-2-12-31/h3-4,6-8,13-15H,1-2,5,9-12H2,(H,26,32)(H,29,33)(H2,25,27,28,30). The van der Waals surface area contributed by atoms with Crippen molar-refractivity contribution in [3.8, 4) is 0 Å². The molecule has 0 bridgehead atoms. The molecular formula is C23H26BrN7O3. The molecule has 3 aromatic rings. The fourth-order valence-electron chi connectivity index (χ4n) is 3.47. The maximum atomic E-state index is 12.3. The Kier molecular flexibility index (Phi) is 7.97. The number of nitrogens with zero attached hydrogens (tertiary/aromatic N) is 3. The van der Waals surface area contributed by atoms with E-state index in [1.54, 1.807) is 18.3 Å². The molecule has 11 heteroatoms. The van der Waals surface area contributed by atoms with Gasteiger partial charge in [-0.05, 0) is 65.5 Å². The molecule has 0 atom stereocenters. The summed E-state index contributed by atoms with van der Waals surface area (Å²) in [7, 11) is 0. The van der Waals surface area contributed by atoms with E-state index >= 15 is 0 Å². The van der Waals surface area contributed by atoms with Crippen LogP contribution in [0.1, 0.15) is 29.8 Å². The van der Waals surface area contributed by atoms with Crippen molar-refractivity contribution in [2.75, 3.05) is 42.1 Å². The van der Waals surface area contributed by atoms with Crippen LogP contribution < -0.4 is 21.3 Å². The molecular weight excluding hydrogens is 502 g/mol. The van der Waals surface area contributed by atoms with E-state index in [-0.39, 0.29) is 11.9 Å². The number of amides is 3. The van der Waals surface area contributed by atoms with Crippen LogP contribution >= 0.6 is 15.9 Å². The maximum absolute atomic E-state index is 12.3. The first-order valence-electron chi connectivity index (χ1n) is 11.1. The number of rotatable bonds is 9. The number of nitrogens with one attached hydrogen (secondary N) is 4. The van der Waals surface area contributed by atoms with Gasteiger partial charge in [0.2, 0.25) is 5.95 Å². The summed E-state index contributed by atoms with van der Waals surface area (Å²) in [5.74, 6) is 1.11. The molecule has 1 aliphatic rings. The lowest BCUT2D eigenvalue weighted by Crippen LogP contribution is -2.32. The summed E-state index contributed by atoms with van der Waals surface area (Å²) in [6.07, 6.45) is 5.92. The molecule has 0 saturated carbocycles. The third-order valence-corrected chi connectivity index (χ3v) is 5.76. The van der Waals surface area contributed by atoms with E-state index in [0.717, 1.165) is 36.1 Å². The first-order chi connectivity index (χ1) is 16.6. The minimum absolute atomic E-state index is 0.0821. The van der Waals surface area contributed by atoms with Crippen LogP contribution in [0.4, 0.5) is 27.9 Å². The van der Waals surface area contributed by atoms with Crippen molar-refractivity contribution < 1.29 is 14.0 Å². The number of carbonyl (C=O) groups excluding carboxylic acids is 2. The molecule has 1 fully saturated rings. The number of hydrogen-bond acceptors (Lipinski definition) is 7. The summed E-state index contributed by atoms with van der Waals surface area (Å²) in [5, 5.41) is 12.2. The van der Waals surface area contributed by atoms with Crippen molar-refractivity contribution in [3.63, 3.8) is 0 Å². The number of hydrogen-bond donors (Lipinski definition) is 4. The van der Waals surface area contributed by atoms with Crippen LogP contribution in [0, 0.1) is 0 Å². The van der Waals surface area contributed by atoms with E-state index < -0.39 is 0 Å². The number of anilines is 4. The molecule has 1 aliphatic heterocycles. The normalized spacial score (nSPS) is 12.9. The summed E-state index contributed by atoms with van der Waals surface area (Å²) >= 11 is 3.46. The zero-order valence-electron chi connectivity index (χ0n) is 18.5. The predicted octanol–water partition coefficient (Wildman–Crippen LogP) is 4.44. The minimum atomic E-state index is -0.237. The topological polar surface area (TPSA) is 124 Å². The minimum Gasteiger partial charge on any atom is -0.459 e. The zero-order chi connectivity index (χ0) is 23.8. The first kappa shape index (κ1) is 23.6. The van der Waals surface area contributed by atoms with Crippen LogP contribution in [0.3, 0.4) is 0 Å². The summed E-state index contributed by atoms with van der Waals surface area (Å²) in [6, 6.07) is 10.6. The molecule has 3 heterocycles. The Morgan fingerprint density at radius 2 is 1.91 bits per heavy atom. The number of likely N-dealkylation sites (tertiary alicyclic amines) is 1. The molecule has 1 aromatic carbocycles. The van der Waals surface area contributed by atoms with Crippen molar-refractivity contribution in [2.24, 2.45) is 0 Å². The van der Waals surface area contributed by atoms with Gasteiger partial charge in [-0.2, -0.15) is 4.98 Å². The number of carbonyl (C=O) groups is 2. The van der Waals surface area contributed by atoms with Crippen LogP contribution in [-0.2, 0) is 0 Å². The van der Waals surface area contributed by atoms with Gasteiger partial charge in [-0.25, -0.2) is 9.78 Å². The molecule has 0 spiro atoms. The highest BCUT2D eigenvalue weighted by atomic mass is 79.9. The van der Waals surface area contributed by atoms with Crippen LogP contribution in [0.25, 0.3) is 0 Å². The second kappa shape index (κ2) is 11.5. The van der Waals surface area contributed by atoms with Gasteiger partial charge in [0.25, 0.3) is 5.91 Å². The maximum Gasteiger partial charge on any atom is 0.321 e. The lowest BCUT2D eigenvalue weighted by molar-refractivity contribution is 0.0926. The van der Waals surface area contributed by atoms with Crippen molar-refractivity contribution in [2.45, 2.75) is 19.3 Å². The van der Waals surface area contributed by atoms with E-state index in [0.29, 0.717) is 42.7 Å². The van der Waals surface area contributed by atoms with Crippen LogP contribution in [-0.4, -0.2) is 53.0 Å². The van der Waals surface area contributed by atoms with Gasteiger partial charge >= 0.3 is 6.03 Å². The summed E-state index contributed by atoms with van der Waals surface area (Å²) in [4.78, 5) is 34.9. The lowest BCUT2D eigenvalue weighted by Gasteiger charge is -2.16. The lowest BCUT2D eigenvalue weighted by atomic mass is 10.3. The number of urea groups is 1. The van der Waals surface area contributed by atoms with E-state index in [1.807, 2.05) is 29.2 Å². The Morgan fingerprint density at radius 3 is 2.71 bits per heavy atom. The first-order valence-corrected chi connectivity index (χ1v) is 11.9. The summed E-state index contributed by atoms with van der Waals surface area (Å²) < 4.78 is 5.79. The van der Waals surface area contributed by atoms with Gasteiger partial charge in [0.15, 0.2) is 5.76 Å². The van der Waals surface area contributed by atoms with Gasteiger partial charge in [-0.15, -0.1) is 0 Å². The Balaban J connectivity index is 1.28. The van der Waals surface area contributed by atoms with Gasteiger partial charge in [-0.1, -0.05) is 6.07 Å². The Morgan fingerprint density at radius 1 is 1.09 bits per heavy atom. The average molecular weight is 528 g/mol. The van der Waals surface area contributed by atoms with Crippen LogP contribution in [0.5, 0.6) is 0 Å². The van der Waals surface area contributed by atoms with Gasteiger partial charge in [0.05, 0.1) is 10.7 Å². The van der Waals surface area contributed by atoms with Crippen molar-refractivity contribution >= 4 is 51.0 Å². The highest BCUT2D eigenvalue weighted by molar-refractivity contribution is 9.10. The Labute approximate surface area is 205 Å². The second-order valence-electron chi connectivity index (χ2n) is 7.73. The summed E-state index contributed by atoms with van der Waals surface area (Å²) in [6.45, 7) is 2.69. The van der Waals surface area contributed by atoms with E-state index in [2.05, 4.69) is 47.2 Å². The van der Waals surface area contributed by atoms with E-state index in [1.165, 1.54) is 6.26 Å². The highest BCUT2D eigenvalue weighted by Gasteiger charge is 2.17.